The van der Waals surface area contributed by atoms with Crippen molar-refractivity contribution >= 4 is 5.91 Å². The van der Waals surface area contributed by atoms with E-state index in [4.69, 9.17) is 4.52 Å². The first-order chi connectivity index (χ1) is 14.6. The zero-order chi connectivity index (χ0) is 20.9. The molecule has 1 aromatic heterocycles. The maximum Gasteiger partial charge on any atom is 0.244 e. The summed E-state index contributed by atoms with van der Waals surface area (Å²) in [6, 6.07) is 16.3. The van der Waals surface area contributed by atoms with E-state index in [1.807, 2.05) is 42.2 Å². The second kappa shape index (κ2) is 9.17. The third-order valence-corrected chi connectivity index (χ3v) is 5.61. The molecule has 0 bridgehead atoms. The van der Waals surface area contributed by atoms with Gasteiger partial charge in [-0.1, -0.05) is 53.7 Å². The van der Waals surface area contributed by atoms with E-state index in [2.05, 4.69) is 15.0 Å². The Bertz CT molecular complexity index is 984. The summed E-state index contributed by atoms with van der Waals surface area (Å²) in [6.45, 7) is 4.78. The molecule has 30 heavy (non-hydrogen) atoms. The van der Waals surface area contributed by atoms with Crippen molar-refractivity contribution in [2.45, 2.75) is 25.8 Å². The topological polar surface area (TPSA) is 62.5 Å². The summed E-state index contributed by atoms with van der Waals surface area (Å²) < 4.78 is 19.2. The highest BCUT2D eigenvalue weighted by atomic mass is 19.1. The van der Waals surface area contributed by atoms with Gasteiger partial charge < -0.3 is 9.42 Å². The Morgan fingerprint density at radius 2 is 1.77 bits per heavy atom. The summed E-state index contributed by atoms with van der Waals surface area (Å²) in [5.41, 5.74) is 1.51. The van der Waals surface area contributed by atoms with Crippen molar-refractivity contribution in [3.8, 4) is 11.4 Å². The van der Waals surface area contributed by atoms with Gasteiger partial charge in [0.1, 0.15) is 5.82 Å². The normalized spacial score (nSPS) is 15.9. The number of halogens is 1. The van der Waals surface area contributed by atoms with Crippen LogP contribution >= 0.6 is 0 Å². The first kappa shape index (κ1) is 20.2. The summed E-state index contributed by atoms with van der Waals surface area (Å²) in [6.07, 6.45) is 0.743. The van der Waals surface area contributed by atoms with Crippen LogP contribution in [0.4, 0.5) is 4.39 Å². The molecule has 1 atom stereocenters. The molecule has 1 aliphatic rings. The van der Waals surface area contributed by atoms with Crippen LogP contribution in [0.3, 0.4) is 0 Å². The van der Waals surface area contributed by atoms with Crippen LogP contribution in [0.25, 0.3) is 11.4 Å². The molecule has 0 radical (unpaired) electrons. The van der Waals surface area contributed by atoms with E-state index in [1.165, 1.54) is 6.07 Å². The van der Waals surface area contributed by atoms with Crippen LogP contribution in [-0.2, 0) is 11.2 Å². The molecule has 4 rings (SSSR count). The maximum absolute atomic E-state index is 13.7. The number of amides is 1. The Morgan fingerprint density at radius 3 is 2.50 bits per heavy atom. The fourth-order valence-corrected chi connectivity index (χ4v) is 3.73. The van der Waals surface area contributed by atoms with Crippen molar-refractivity contribution in [1.29, 1.82) is 0 Å². The number of carbonyl (C=O) groups excluding carboxylic acids is 1. The highest BCUT2D eigenvalue weighted by Crippen LogP contribution is 2.23. The quantitative estimate of drug-likeness (QED) is 0.622. The molecule has 6 nitrogen and oxygen atoms in total. The largest absolute Gasteiger partial charge is 0.340 e. The van der Waals surface area contributed by atoms with Gasteiger partial charge in [0, 0.05) is 38.2 Å². The van der Waals surface area contributed by atoms with Crippen molar-refractivity contribution in [3.05, 3.63) is 71.9 Å². The second-order valence-electron chi connectivity index (χ2n) is 7.51. The summed E-state index contributed by atoms with van der Waals surface area (Å²) in [4.78, 5) is 21.2. The van der Waals surface area contributed by atoms with Gasteiger partial charge in [-0.3, -0.25) is 9.69 Å². The zero-order valence-electron chi connectivity index (χ0n) is 17.0. The fraction of sp³-hybridized carbons (Fsp3) is 0.348. The van der Waals surface area contributed by atoms with Gasteiger partial charge in [-0.05, 0) is 25.0 Å². The number of benzene rings is 2. The first-order valence-corrected chi connectivity index (χ1v) is 10.3. The van der Waals surface area contributed by atoms with Gasteiger partial charge >= 0.3 is 0 Å². The minimum absolute atomic E-state index is 0.0226. The third kappa shape index (κ3) is 4.57. The zero-order valence-corrected chi connectivity index (χ0v) is 17.0. The molecule has 0 saturated carbocycles. The van der Waals surface area contributed by atoms with E-state index in [9.17, 15) is 9.18 Å². The molecule has 0 aliphatic carbocycles. The molecule has 1 saturated heterocycles. The van der Waals surface area contributed by atoms with Crippen molar-refractivity contribution in [3.63, 3.8) is 0 Å². The average Bonchev–Trinajstić information content (AvgIpc) is 3.29. The lowest BCUT2D eigenvalue weighted by Gasteiger charge is -2.36. The number of rotatable bonds is 6. The van der Waals surface area contributed by atoms with Crippen LogP contribution in [0.15, 0.2) is 59.1 Å². The number of aryl methyl sites for hydroxylation is 1. The number of aromatic nitrogens is 2. The Labute approximate surface area is 175 Å². The Morgan fingerprint density at radius 1 is 1.07 bits per heavy atom. The molecular formula is C23H25FN4O2. The fourth-order valence-electron chi connectivity index (χ4n) is 3.73. The van der Waals surface area contributed by atoms with Crippen LogP contribution in [0.5, 0.6) is 0 Å². The molecule has 1 fully saturated rings. The second-order valence-corrected chi connectivity index (χ2v) is 7.51. The average molecular weight is 408 g/mol. The molecule has 1 aliphatic heterocycles. The molecule has 156 valence electrons. The van der Waals surface area contributed by atoms with Crippen LogP contribution in [0.2, 0.25) is 0 Å². The number of piperazine rings is 1. The molecule has 3 aromatic rings. The third-order valence-electron chi connectivity index (χ3n) is 5.61. The van der Waals surface area contributed by atoms with Crippen molar-refractivity contribution < 1.29 is 13.7 Å². The Hall–Kier alpha value is -3.06. The summed E-state index contributed by atoms with van der Waals surface area (Å²) >= 11 is 0. The summed E-state index contributed by atoms with van der Waals surface area (Å²) in [5.74, 6) is 0.973. The monoisotopic (exact) mass is 408 g/mol. The summed E-state index contributed by atoms with van der Waals surface area (Å²) in [5, 5.41) is 4.10. The standard InChI is InChI=1S/C23H25FN4O2/c1-17(23-25-22(26-30-23)19-8-3-2-4-9-19)27-13-15-28(16-14-27)21(29)12-11-18-7-5-6-10-20(18)24/h2-10,17H,11-16H2,1H3. The highest BCUT2D eigenvalue weighted by Gasteiger charge is 2.27. The maximum atomic E-state index is 13.7. The van der Waals surface area contributed by atoms with E-state index in [1.54, 1.807) is 18.2 Å². The molecule has 2 heterocycles. The molecule has 0 N–H and O–H groups in total. The van der Waals surface area contributed by atoms with Crippen molar-refractivity contribution in [2.24, 2.45) is 0 Å². The van der Waals surface area contributed by atoms with Gasteiger partial charge in [0.25, 0.3) is 0 Å². The van der Waals surface area contributed by atoms with Gasteiger partial charge in [0.15, 0.2) is 0 Å². The van der Waals surface area contributed by atoms with E-state index in [-0.39, 0.29) is 17.8 Å². The van der Waals surface area contributed by atoms with E-state index >= 15 is 0 Å². The predicted octanol–water partition coefficient (Wildman–Crippen LogP) is 3.71. The van der Waals surface area contributed by atoms with Gasteiger partial charge in [0.05, 0.1) is 6.04 Å². The molecule has 7 heteroatoms. The number of carbonyl (C=O) groups is 1. The number of nitrogens with zero attached hydrogens (tertiary/aromatic N) is 4. The first-order valence-electron chi connectivity index (χ1n) is 10.3. The molecule has 1 unspecified atom stereocenters. The molecule has 0 spiro atoms. The predicted molar refractivity (Wildman–Crippen MR) is 111 cm³/mol. The molecule has 2 aromatic carbocycles. The smallest absolute Gasteiger partial charge is 0.244 e. The van der Waals surface area contributed by atoms with Crippen LogP contribution in [-0.4, -0.2) is 52.0 Å². The van der Waals surface area contributed by atoms with E-state index < -0.39 is 0 Å². The van der Waals surface area contributed by atoms with Gasteiger partial charge in [-0.25, -0.2) is 4.39 Å². The van der Waals surface area contributed by atoms with Gasteiger partial charge in [-0.2, -0.15) is 4.98 Å². The molecule has 1 amide bonds. The lowest BCUT2D eigenvalue weighted by atomic mass is 10.1. The minimum atomic E-state index is -0.252. The highest BCUT2D eigenvalue weighted by molar-refractivity contribution is 5.76. The van der Waals surface area contributed by atoms with E-state index in [0.717, 1.165) is 18.7 Å². The van der Waals surface area contributed by atoms with Gasteiger partial charge in [0.2, 0.25) is 17.6 Å². The van der Waals surface area contributed by atoms with Crippen LogP contribution in [0, 0.1) is 5.82 Å². The van der Waals surface area contributed by atoms with E-state index in [0.29, 0.717) is 43.2 Å². The number of hydrogen-bond acceptors (Lipinski definition) is 5. The Kier molecular flexibility index (Phi) is 6.18. The minimum Gasteiger partial charge on any atom is -0.340 e. The Balaban J connectivity index is 1.29. The SMILES string of the molecule is CC(c1nc(-c2ccccc2)no1)N1CCN(C(=O)CCc2ccccc2F)CC1. The van der Waals surface area contributed by atoms with Crippen molar-refractivity contribution in [1.82, 2.24) is 19.9 Å². The van der Waals surface area contributed by atoms with Crippen LogP contribution in [0.1, 0.15) is 30.8 Å². The van der Waals surface area contributed by atoms with Gasteiger partial charge in [-0.15, -0.1) is 0 Å². The lowest BCUT2D eigenvalue weighted by molar-refractivity contribution is -0.133. The lowest BCUT2D eigenvalue weighted by Crippen LogP contribution is -2.49. The van der Waals surface area contributed by atoms with Crippen molar-refractivity contribution in [2.75, 3.05) is 26.2 Å². The number of hydrogen-bond donors (Lipinski definition) is 0. The molecular weight excluding hydrogens is 383 g/mol. The summed E-state index contributed by atoms with van der Waals surface area (Å²) in [7, 11) is 0. The van der Waals surface area contributed by atoms with Crippen LogP contribution < -0.4 is 0 Å².